The van der Waals surface area contributed by atoms with Gasteiger partial charge in [0, 0.05) is 16.7 Å². The number of carbonyl (C=O) groups is 1. The summed E-state index contributed by atoms with van der Waals surface area (Å²) in [7, 11) is -1.74. The molecule has 0 aliphatic heterocycles. The number of carbonyl (C=O) groups excluding carboxylic acids is 1. The zero-order valence-electron chi connectivity index (χ0n) is 24.8. The SMILES string of the molecule is COc1ccc(Cl)cc1N(CC(=O)N/N=C\c1cc(Br)c(OCc2ccccc2)c(OC)c1)S(=O)(=O)c1ccc(C)c([N+](=O)[O-])c1. The minimum absolute atomic E-state index is 0.0582. The number of nitro benzene ring substituents is 1. The molecule has 46 heavy (non-hydrogen) atoms. The Morgan fingerprint density at radius 1 is 1.04 bits per heavy atom. The van der Waals surface area contributed by atoms with Crippen LogP contribution in [0.4, 0.5) is 11.4 Å². The van der Waals surface area contributed by atoms with Crippen LogP contribution >= 0.6 is 27.5 Å². The van der Waals surface area contributed by atoms with E-state index in [1.807, 2.05) is 30.3 Å². The molecule has 0 unspecified atom stereocenters. The molecule has 4 aromatic rings. The Balaban J connectivity index is 1.58. The molecule has 0 atom stereocenters. The lowest BCUT2D eigenvalue weighted by atomic mass is 10.2. The molecule has 0 radical (unpaired) electrons. The van der Waals surface area contributed by atoms with Crippen LogP contribution in [0.15, 0.2) is 93.3 Å². The van der Waals surface area contributed by atoms with Crippen molar-refractivity contribution in [1.29, 1.82) is 0 Å². The van der Waals surface area contributed by atoms with Gasteiger partial charge in [-0.15, -0.1) is 0 Å². The minimum atomic E-state index is -4.55. The van der Waals surface area contributed by atoms with E-state index in [4.69, 9.17) is 25.8 Å². The molecule has 0 bridgehead atoms. The number of anilines is 1. The van der Waals surface area contributed by atoms with Crippen LogP contribution in [0, 0.1) is 17.0 Å². The van der Waals surface area contributed by atoms with Gasteiger partial charge in [-0.25, -0.2) is 13.8 Å². The third kappa shape index (κ3) is 8.13. The van der Waals surface area contributed by atoms with Gasteiger partial charge in [-0.05, 0) is 70.4 Å². The number of halogens is 2. The largest absolute Gasteiger partial charge is 0.495 e. The lowest BCUT2D eigenvalue weighted by molar-refractivity contribution is -0.385. The molecule has 12 nitrogen and oxygen atoms in total. The first-order chi connectivity index (χ1) is 21.9. The quantitative estimate of drug-likeness (QED) is 0.0962. The Bertz CT molecular complexity index is 1890. The number of aryl methyl sites for hydroxylation is 1. The molecular formula is C31H28BrClN4O8S. The number of nitrogens with zero attached hydrogens (tertiary/aromatic N) is 3. The average molecular weight is 732 g/mol. The standard InChI is InChI=1S/C31H28BrClN4O8S/c1-20-9-11-24(16-26(20)37(39)40)46(41,42)36(27-15-23(33)10-12-28(27)43-2)18-30(38)35-34-17-22-13-25(32)31(29(14-22)44-3)45-19-21-7-5-4-6-8-21/h4-17H,18-19H2,1-3H3,(H,35,38)/b34-17-. The maximum absolute atomic E-state index is 13.9. The molecule has 0 fully saturated rings. The van der Waals surface area contributed by atoms with Crippen molar-refractivity contribution in [3.8, 4) is 17.2 Å². The summed E-state index contributed by atoms with van der Waals surface area (Å²) >= 11 is 9.66. The van der Waals surface area contributed by atoms with Gasteiger partial charge in [0.05, 0.1) is 40.4 Å². The second-order valence-corrected chi connectivity index (χ2v) is 12.8. The summed E-state index contributed by atoms with van der Waals surface area (Å²) in [5.41, 5.74) is 3.63. The van der Waals surface area contributed by atoms with Gasteiger partial charge in [0.2, 0.25) is 0 Å². The molecule has 4 aromatic carbocycles. The number of nitro groups is 1. The summed E-state index contributed by atoms with van der Waals surface area (Å²) in [5, 5.41) is 15.7. The number of hydrazone groups is 1. The third-order valence-corrected chi connectivity index (χ3v) is 9.12. The van der Waals surface area contributed by atoms with Crippen molar-refractivity contribution in [1.82, 2.24) is 5.43 Å². The molecule has 0 aliphatic rings. The minimum Gasteiger partial charge on any atom is -0.495 e. The van der Waals surface area contributed by atoms with Crippen molar-refractivity contribution in [3.63, 3.8) is 0 Å². The normalized spacial score (nSPS) is 11.2. The molecule has 0 spiro atoms. The van der Waals surface area contributed by atoms with E-state index in [0.717, 1.165) is 15.9 Å². The summed E-state index contributed by atoms with van der Waals surface area (Å²) in [6, 6.07) is 20.7. The zero-order chi connectivity index (χ0) is 33.4. The molecule has 0 heterocycles. The summed E-state index contributed by atoms with van der Waals surface area (Å²) in [6.45, 7) is 1.03. The lowest BCUT2D eigenvalue weighted by Gasteiger charge is -2.25. The van der Waals surface area contributed by atoms with Crippen molar-refractivity contribution in [3.05, 3.63) is 115 Å². The molecule has 1 amide bonds. The van der Waals surface area contributed by atoms with Crippen LogP contribution in [0.2, 0.25) is 5.02 Å². The highest BCUT2D eigenvalue weighted by molar-refractivity contribution is 9.10. The number of ether oxygens (including phenoxy) is 3. The molecule has 15 heteroatoms. The van der Waals surface area contributed by atoms with E-state index < -0.39 is 38.0 Å². The maximum Gasteiger partial charge on any atom is 0.273 e. The Morgan fingerprint density at radius 2 is 1.76 bits per heavy atom. The fourth-order valence-electron chi connectivity index (χ4n) is 4.26. The number of methoxy groups -OCH3 is 2. The summed E-state index contributed by atoms with van der Waals surface area (Å²) in [5.74, 6) is 0.158. The van der Waals surface area contributed by atoms with Crippen LogP contribution in [-0.4, -0.2) is 46.2 Å². The van der Waals surface area contributed by atoms with Gasteiger partial charge in [0.15, 0.2) is 11.5 Å². The maximum atomic E-state index is 13.9. The van der Waals surface area contributed by atoms with Gasteiger partial charge in [-0.1, -0.05) is 48.0 Å². The van der Waals surface area contributed by atoms with Gasteiger partial charge in [0.1, 0.15) is 18.9 Å². The summed E-state index contributed by atoms with van der Waals surface area (Å²) in [6.07, 6.45) is 1.34. The highest BCUT2D eigenvalue weighted by Crippen LogP contribution is 2.37. The van der Waals surface area contributed by atoms with Crippen molar-refractivity contribution in [2.24, 2.45) is 5.10 Å². The first-order valence-corrected chi connectivity index (χ1v) is 16.0. The first-order valence-electron chi connectivity index (χ1n) is 13.4. The molecule has 0 saturated heterocycles. The zero-order valence-corrected chi connectivity index (χ0v) is 27.9. The van der Waals surface area contributed by atoms with Gasteiger partial charge < -0.3 is 14.2 Å². The molecular weight excluding hydrogens is 704 g/mol. The van der Waals surface area contributed by atoms with Crippen LogP contribution in [0.3, 0.4) is 0 Å². The fourth-order valence-corrected chi connectivity index (χ4v) is 6.44. The Labute approximate surface area is 278 Å². The highest BCUT2D eigenvalue weighted by atomic mass is 79.9. The van der Waals surface area contributed by atoms with E-state index in [2.05, 4.69) is 26.5 Å². The molecule has 1 N–H and O–H groups in total. The number of benzene rings is 4. The van der Waals surface area contributed by atoms with E-state index in [1.165, 1.54) is 57.7 Å². The van der Waals surface area contributed by atoms with Crippen LogP contribution in [-0.2, 0) is 21.4 Å². The van der Waals surface area contributed by atoms with E-state index >= 15 is 0 Å². The average Bonchev–Trinajstić information content (AvgIpc) is 3.03. The van der Waals surface area contributed by atoms with Crippen LogP contribution in [0.25, 0.3) is 0 Å². The predicted octanol–water partition coefficient (Wildman–Crippen LogP) is 6.26. The third-order valence-electron chi connectivity index (χ3n) is 6.54. The number of hydrogen-bond acceptors (Lipinski definition) is 9. The second-order valence-electron chi connectivity index (χ2n) is 9.63. The number of sulfonamides is 1. The Hall–Kier alpha value is -4.66. The van der Waals surface area contributed by atoms with Gasteiger partial charge in [-0.2, -0.15) is 5.10 Å². The summed E-state index contributed by atoms with van der Waals surface area (Å²) in [4.78, 5) is 23.5. The second kappa shape index (κ2) is 15.1. The number of hydrogen-bond donors (Lipinski definition) is 1. The topological polar surface area (TPSA) is 150 Å². The van der Waals surface area contributed by atoms with Crippen LogP contribution in [0.5, 0.6) is 17.2 Å². The van der Waals surface area contributed by atoms with E-state index in [-0.39, 0.29) is 22.0 Å². The Kier molecular flexibility index (Phi) is 11.2. The van der Waals surface area contributed by atoms with Crippen LogP contribution in [0.1, 0.15) is 16.7 Å². The monoisotopic (exact) mass is 730 g/mol. The molecule has 0 aliphatic carbocycles. The summed E-state index contributed by atoms with van der Waals surface area (Å²) < 4.78 is 45.8. The van der Waals surface area contributed by atoms with E-state index in [1.54, 1.807) is 12.1 Å². The van der Waals surface area contributed by atoms with Crippen molar-refractivity contribution in [2.75, 3.05) is 25.1 Å². The number of amides is 1. The lowest BCUT2D eigenvalue weighted by Crippen LogP contribution is -2.39. The van der Waals surface area contributed by atoms with Gasteiger partial charge >= 0.3 is 0 Å². The first kappa shape index (κ1) is 34.2. The van der Waals surface area contributed by atoms with E-state index in [0.29, 0.717) is 28.1 Å². The van der Waals surface area contributed by atoms with Crippen molar-refractivity contribution >= 4 is 61.1 Å². The van der Waals surface area contributed by atoms with E-state index in [9.17, 15) is 23.3 Å². The Morgan fingerprint density at radius 3 is 2.43 bits per heavy atom. The number of nitrogens with one attached hydrogen (secondary N) is 1. The molecule has 0 aromatic heterocycles. The fraction of sp³-hybridized carbons (Fsp3) is 0.161. The molecule has 240 valence electrons. The highest BCUT2D eigenvalue weighted by Gasteiger charge is 2.31. The van der Waals surface area contributed by atoms with Gasteiger partial charge in [-0.3, -0.25) is 19.2 Å². The number of rotatable bonds is 13. The van der Waals surface area contributed by atoms with Gasteiger partial charge in [0.25, 0.3) is 21.6 Å². The van der Waals surface area contributed by atoms with Crippen LogP contribution < -0.4 is 23.9 Å². The predicted molar refractivity (Wildman–Crippen MR) is 178 cm³/mol. The van der Waals surface area contributed by atoms with Crippen molar-refractivity contribution < 1.29 is 32.3 Å². The smallest absolute Gasteiger partial charge is 0.273 e. The van der Waals surface area contributed by atoms with Crippen molar-refractivity contribution in [2.45, 2.75) is 18.4 Å². The molecule has 4 rings (SSSR count). The molecule has 0 saturated carbocycles.